The second-order valence-electron chi connectivity index (χ2n) is 1.79. The van der Waals surface area contributed by atoms with Crippen molar-refractivity contribution in [3.63, 3.8) is 0 Å². The molecule has 62 valence electrons. The van der Waals surface area contributed by atoms with Gasteiger partial charge in [-0.05, 0) is 6.92 Å². The maximum atomic E-state index is 10.1. The smallest absolute Gasteiger partial charge is 0.778 e. The summed E-state index contributed by atoms with van der Waals surface area (Å²) in [5, 5.41) is -2.01. The van der Waals surface area contributed by atoms with Crippen molar-refractivity contribution in [3.05, 3.63) is 0 Å². The van der Waals surface area contributed by atoms with Crippen LogP contribution in [0.3, 0.4) is 0 Å². The van der Waals surface area contributed by atoms with Crippen LogP contribution < -0.4 is 34.5 Å². The Kier molecular flexibility index (Phi) is 6.07. The van der Waals surface area contributed by atoms with Crippen molar-refractivity contribution in [1.82, 2.24) is 0 Å². The van der Waals surface area contributed by atoms with Crippen LogP contribution in [0.25, 0.3) is 0 Å². The topological polar surface area (TPSA) is 118 Å². The van der Waals surface area contributed by atoms with Gasteiger partial charge in [0.15, 0.2) is 0 Å². The van der Waals surface area contributed by atoms with Crippen molar-refractivity contribution in [1.29, 1.82) is 0 Å². The van der Waals surface area contributed by atoms with Gasteiger partial charge < -0.3 is 24.1 Å². The van der Waals surface area contributed by atoms with Gasteiger partial charge in [0.1, 0.15) is 13.0 Å². The summed E-state index contributed by atoms with van der Waals surface area (Å²) in [6.45, 7) is 0.745. The van der Waals surface area contributed by atoms with Crippen molar-refractivity contribution >= 4 is 15.2 Å². The van der Waals surface area contributed by atoms with Crippen LogP contribution in [-0.2, 0) is 9.13 Å². The van der Waals surface area contributed by atoms with Gasteiger partial charge in [-0.2, -0.15) is 0 Å². The molecule has 0 rings (SSSR count). The Hall–Kier alpha value is 1.30. The van der Waals surface area contributed by atoms with Crippen molar-refractivity contribution in [2.75, 3.05) is 0 Å². The van der Waals surface area contributed by atoms with Gasteiger partial charge in [-0.15, -0.1) is 0 Å². The van der Waals surface area contributed by atoms with Crippen LogP contribution >= 0.6 is 15.2 Å². The van der Waals surface area contributed by atoms with E-state index in [0.29, 0.717) is 0 Å². The molecule has 0 amide bonds. The van der Waals surface area contributed by atoms with E-state index >= 15 is 0 Å². The first kappa shape index (κ1) is 14.8. The average molecular weight is 212 g/mol. The van der Waals surface area contributed by atoms with E-state index in [1.807, 2.05) is 0 Å². The van der Waals surface area contributed by atoms with Gasteiger partial charge >= 0.3 is 37.2 Å². The Balaban J connectivity index is 0. The molecule has 0 aliphatic heterocycles. The molecule has 0 heterocycles. The fourth-order valence-electron chi connectivity index (χ4n) is 0.190. The summed E-state index contributed by atoms with van der Waals surface area (Å²) < 4.78 is 20.2. The standard InChI is InChI=1S/C2H8O6P2.Na/c1-2(9(3,4)5)10(6,7)8;/h2H,1H3,(H2,3,4,5)(H2,6,7,8);/q;+1/p-1. The molecule has 0 bridgehead atoms. The summed E-state index contributed by atoms with van der Waals surface area (Å²) in [6, 6.07) is 0. The molecule has 0 fully saturated rings. The van der Waals surface area contributed by atoms with E-state index in [-0.39, 0.29) is 29.6 Å². The third kappa shape index (κ3) is 5.53. The van der Waals surface area contributed by atoms with E-state index in [9.17, 15) is 14.0 Å². The molecule has 0 aromatic carbocycles. The van der Waals surface area contributed by atoms with Crippen LogP contribution in [0.2, 0.25) is 0 Å². The van der Waals surface area contributed by atoms with E-state index in [0.717, 1.165) is 6.92 Å². The molecule has 0 radical (unpaired) electrons. The van der Waals surface area contributed by atoms with E-state index in [4.69, 9.17) is 14.7 Å². The second-order valence-corrected chi connectivity index (χ2v) is 6.05. The van der Waals surface area contributed by atoms with Crippen molar-refractivity contribution in [3.8, 4) is 0 Å². The van der Waals surface area contributed by atoms with E-state index in [1.54, 1.807) is 0 Å². The molecule has 0 saturated heterocycles. The normalized spacial score (nSPS) is 19.7. The Morgan fingerprint density at radius 1 is 1.27 bits per heavy atom. The van der Waals surface area contributed by atoms with E-state index in [1.165, 1.54) is 0 Å². The first-order valence-corrected chi connectivity index (χ1v) is 5.57. The summed E-state index contributed by atoms with van der Waals surface area (Å²) in [4.78, 5) is 34.6. The van der Waals surface area contributed by atoms with Gasteiger partial charge in [0.05, 0.1) is 0 Å². The first-order valence-electron chi connectivity index (χ1n) is 2.24. The molecule has 0 saturated carbocycles. The van der Waals surface area contributed by atoms with Crippen molar-refractivity contribution in [2.45, 2.75) is 12.3 Å². The van der Waals surface area contributed by atoms with Gasteiger partial charge in [-0.1, -0.05) is 0 Å². The van der Waals surface area contributed by atoms with Gasteiger partial charge in [0.25, 0.3) is 0 Å². The van der Waals surface area contributed by atoms with Crippen LogP contribution in [0.4, 0.5) is 0 Å². The summed E-state index contributed by atoms with van der Waals surface area (Å²) in [6.07, 6.45) is 0. The molecule has 0 spiro atoms. The summed E-state index contributed by atoms with van der Waals surface area (Å²) >= 11 is 0. The Morgan fingerprint density at radius 2 is 1.55 bits per heavy atom. The predicted molar refractivity (Wildman–Crippen MR) is 31.3 cm³/mol. The molecule has 11 heavy (non-hydrogen) atoms. The molecule has 3 N–H and O–H groups in total. The third-order valence-corrected chi connectivity index (χ3v) is 4.65. The fraction of sp³-hybridized carbons (Fsp3) is 1.00. The molecule has 2 atom stereocenters. The molecule has 0 aromatic rings. The number of rotatable bonds is 2. The minimum Gasteiger partial charge on any atom is -0.778 e. The Bertz CT molecular complexity index is 181. The van der Waals surface area contributed by atoms with Crippen LogP contribution in [0, 0.1) is 0 Å². The zero-order valence-corrected chi connectivity index (χ0v) is 9.83. The van der Waals surface area contributed by atoms with Crippen LogP contribution in [0.5, 0.6) is 0 Å². The number of hydrogen-bond donors (Lipinski definition) is 3. The zero-order valence-electron chi connectivity index (χ0n) is 6.04. The Morgan fingerprint density at radius 3 is 1.55 bits per heavy atom. The monoisotopic (exact) mass is 212 g/mol. The quantitative estimate of drug-likeness (QED) is 0.317. The molecular formula is C2H7NaO6P2. The van der Waals surface area contributed by atoms with Crippen molar-refractivity contribution < 1.29 is 58.3 Å². The van der Waals surface area contributed by atoms with E-state index in [2.05, 4.69) is 0 Å². The average Bonchev–Trinajstić information content (AvgIpc) is 1.59. The fourth-order valence-corrected chi connectivity index (χ4v) is 1.71. The Labute approximate surface area is 85.6 Å². The maximum absolute atomic E-state index is 10.1. The third-order valence-electron chi connectivity index (χ3n) is 0.959. The van der Waals surface area contributed by atoms with Gasteiger partial charge in [-0.3, -0.25) is 4.57 Å². The molecule has 0 aliphatic carbocycles. The summed E-state index contributed by atoms with van der Waals surface area (Å²) in [5.41, 5.74) is 0. The minimum atomic E-state index is -4.89. The zero-order chi connectivity index (χ0) is 8.58. The SMILES string of the molecule is CC(P(=O)([O-])O)P(=O)(O)O.[Na+]. The summed E-state index contributed by atoms with van der Waals surface area (Å²) in [7, 11) is -9.60. The molecular weight excluding hydrogens is 205 g/mol. The minimum absolute atomic E-state index is 0. The largest absolute Gasteiger partial charge is 1.00 e. The summed E-state index contributed by atoms with van der Waals surface area (Å²) in [5.74, 6) is 0. The van der Waals surface area contributed by atoms with Crippen LogP contribution in [0.15, 0.2) is 0 Å². The molecule has 9 heteroatoms. The molecule has 2 unspecified atom stereocenters. The predicted octanol–water partition coefficient (Wildman–Crippen LogP) is -3.94. The number of hydrogen-bond acceptors (Lipinski definition) is 3. The van der Waals surface area contributed by atoms with Gasteiger partial charge in [0.2, 0.25) is 0 Å². The molecule has 0 aliphatic rings. The van der Waals surface area contributed by atoms with Gasteiger partial charge in [0, 0.05) is 0 Å². The van der Waals surface area contributed by atoms with Crippen LogP contribution in [0.1, 0.15) is 6.92 Å². The molecule has 6 nitrogen and oxygen atoms in total. The van der Waals surface area contributed by atoms with E-state index < -0.39 is 20.6 Å². The van der Waals surface area contributed by atoms with Crippen molar-refractivity contribution in [2.24, 2.45) is 0 Å². The molecule has 0 aromatic heterocycles. The van der Waals surface area contributed by atoms with Gasteiger partial charge in [-0.25, -0.2) is 0 Å². The maximum Gasteiger partial charge on any atom is 1.00 e. The first-order chi connectivity index (χ1) is 4.15. The van der Waals surface area contributed by atoms with Crippen LogP contribution in [-0.4, -0.2) is 20.1 Å². The second kappa shape index (κ2) is 4.51.